The van der Waals surface area contributed by atoms with Gasteiger partial charge in [-0.15, -0.1) is 0 Å². The van der Waals surface area contributed by atoms with Gasteiger partial charge in [-0.3, -0.25) is 4.98 Å². The molecule has 0 N–H and O–H groups in total. The largest absolute Gasteiger partial charge is 1.00 e. The fraction of sp³-hybridized carbons (Fsp3) is 0.545. The van der Waals surface area contributed by atoms with Crippen LogP contribution in [0.2, 0.25) is 0 Å². The van der Waals surface area contributed by atoms with Crippen LogP contribution < -0.4 is 21.5 Å². The van der Waals surface area contributed by atoms with Gasteiger partial charge in [0.05, 0.1) is 4.47 Å². The van der Waals surface area contributed by atoms with E-state index in [0.29, 0.717) is 0 Å². The fourth-order valence-corrected chi connectivity index (χ4v) is 3.63. The first kappa shape index (κ1) is 23.3. The number of hydrogen-bond acceptors (Lipinski definition) is 1. The predicted molar refractivity (Wildman–Crippen MR) is 108 cm³/mol. The molecule has 0 saturated heterocycles. The molecule has 4 heteroatoms. The van der Waals surface area contributed by atoms with E-state index in [4.69, 9.17) is 0 Å². The zero-order valence-electron chi connectivity index (χ0n) is 15.8. The smallest absolute Gasteiger partial charge is 0.183 e. The zero-order valence-corrected chi connectivity index (χ0v) is 18.9. The Morgan fingerprint density at radius 2 is 1.46 bits per heavy atom. The molecule has 0 aromatic carbocycles. The molecule has 0 aliphatic heterocycles. The molecule has 144 valence electrons. The van der Waals surface area contributed by atoms with Gasteiger partial charge in [-0.05, 0) is 52.9 Å². The third-order valence-electron chi connectivity index (χ3n) is 4.68. The average molecular weight is 484 g/mol. The van der Waals surface area contributed by atoms with Crippen molar-refractivity contribution in [2.45, 2.75) is 77.2 Å². The molecule has 0 unspecified atom stereocenters. The lowest BCUT2D eigenvalue weighted by atomic mass is 10.0. The highest BCUT2D eigenvalue weighted by Gasteiger charge is 2.00. The molecule has 0 aliphatic rings. The zero-order chi connectivity index (χ0) is 17.6. The summed E-state index contributed by atoms with van der Waals surface area (Å²) < 4.78 is 3.44. The molecule has 0 amide bonds. The van der Waals surface area contributed by atoms with Crippen molar-refractivity contribution in [3.05, 3.63) is 59.1 Å². The highest BCUT2D eigenvalue weighted by molar-refractivity contribution is 9.10. The maximum absolute atomic E-state index is 4.17. The van der Waals surface area contributed by atoms with Crippen molar-refractivity contribution < 1.29 is 21.5 Å². The lowest BCUT2D eigenvalue weighted by Crippen LogP contribution is -3.00. The number of rotatable bonds is 13. The Balaban J connectivity index is 0.00000338. The molecule has 0 atom stereocenters. The van der Waals surface area contributed by atoms with E-state index in [1.165, 1.54) is 76.2 Å². The average Bonchev–Trinajstić information content (AvgIpc) is 2.63. The third-order valence-corrected chi connectivity index (χ3v) is 5.15. The molecular weight excluding hydrogens is 452 g/mol. The van der Waals surface area contributed by atoms with E-state index in [1.807, 2.05) is 18.5 Å². The summed E-state index contributed by atoms with van der Waals surface area (Å²) in [6.45, 7) is 1.14. The van der Waals surface area contributed by atoms with Crippen LogP contribution in [0.4, 0.5) is 0 Å². The number of pyridine rings is 2. The van der Waals surface area contributed by atoms with Gasteiger partial charge >= 0.3 is 0 Å². The number of nitrogens with zero attached hydrogens (tertiary/aromatic N) is 2. The molecule has 0 spiro atoms. The number of aryl methyl sites for hydroxylation is 2. The SMILES string of the molecule is Brc1ccc[n+](CCCCCCCCCCCCc2cccnc2)c1.[Br-]. The van der Waals surface area contributed by atoms with Crippen LogP contribution in [-0.4, -0.2) is 4.98 Å². The van der Waals surface area contributed by atoms with Gasteiger partial charge in [0.15, 0.2) is 12.4 Å². The van der Waals surface area contributed by atoms with E-state index < -0.39 is 0 Å². The van der Waals surface area contributed by atoms with E-state index in [2.05, 4.69) is 56.1 Å². The Hall–Kier alpha value is -0.740. The molecule has 0 radical (unpaired) electrons. The van der Waals surface area contributed by atoms with Crippen molar-refractivity contribution in [3.8, 4) is 0 Å². The Morgan fingerprint density at radius 1 is 0.808 bits per heavy atom. The molecule has 2 heterocycles. The van der Waals surface area contributed by atoms with E-state index in [9.17, 15) is 0 Å². The first-order chi connectivity index (χ1) is 12.3. The summed E-state index contributed by atoms with van der Waals surface area (Å²) in [5, 5.41) is 0. The van der Waals surface area contributed by atoms with Crippen LogP contribution in [0.15, 0.2) is 53.5 Å². The van der Waals surface area contributed by atoms with Gasteiger partial charge in [-0.1, -0.05) is 51.0 Å². The minimum absolute atomic E-state index is 0. The number of unbranched alkanes of at least 4 members (excludes halogenated alkanes) is 9. The Kier molecular flexibility index (Phi) is 13.7. The molecule has 0 saturated carbocycles. The van der Waals surface area contributed by atoms with E-state index >= 15 is 0 Å². The molecule has 0 aliphatic carbocycles. The second-order valence-electron chi connectivity index (χ2n) is 6.91. The van der Waals surface area contributed by atoms with Gasteiger partial charge in [0.1, 0.15) is 6.54 Å². The van der Waals surface area contributed by atoms with Crippen LogP contribution in [0.5, 0.6) is 0 Å². The predicted octanol–water partition coefficient (Wildman–Crippen LogP) is 3.28. The van der Waals surface area contributed by atoms with Crippen molar-refractivity contribution in [1.82, 2.24) is 4.98 Å². The standard InChI is InChI=1S/C22H32BrN2.BrH/c23-22-15-12-18-25(20-22)17-10-8-6-4-2-1-3-5-7-9-13-21-14-11-16-24-19-21;/h11-12,14-16,18-20H,1-10,13,17H2;1H/q+1;/p-1. The van der Waals surface area contributed by atoms with E-state index in [0.717, 1.165) is 11.0 Å². The minimum Gasteiger partial charge on any atom is -1.00 e. The molecule has 0 fully saturated rings. The van der Waals surface area contributed by atoms with Crippen LogP contribution in [0.1, 0.15) is 69.8 Å². The van der Waals surface area contributed by atoms with Gasteiger partial charge in [-0.25, -0.2) is 4.57 Å². The van der Waals surface area contributed by atoms with Crippen LogP contribution >= 0.6 is 15.9 Å². The van der Waals surface area contributed by atoms with Crippen molar-refractivity contribution in [2.75, 3.05) is 0 Å². The van der Waals surface area contributed by atoms with E-state index in [-0.39, 0.29) is 17.0 Å². The maximum Gasteiger partial charge on any atom is 0.183 e. The van der Waals surface area contributed by atoms with Crippen molar-refractivity contribution in [1.29, 1.82) is 0 Å². The lowest BCUT2D eigenvalue weighted by molar-refractivity contribution is -0.698. The minimum atomic E-state index is 0. The van der Waals surface area contributed by atoms with Crippen molar-refractivity contribution >= 4 is 15.9 Å². The summed E-state index contributed by atoms with van der Waals surface area (Å²) in [6.07, 6.45) is 23.0. The van der Waals surface area contributed by atoms with Crippen molar-refractivity contribution in [2.24, 2.45) is 0 Å². The number of halogens is 2. The first-order valence-corrected chi connectivity index (χ1v) is 10.7. The summed E-state index contributed by atoms with van der Waals surface area (Å²) in [4.78, 5) is 4.17. The van der Waals surface area contributed by atoms with E-state index in [1.54, 1.807) is 0 Å². The second kappa shape index (κ2) is 15.3. The highest BCUT2D eigenvalue weighted by Crippen LogP contribution is 2.12. The Morgan fingerprint density at radius 3 is 2.08 bits per heavy atom. The summed E-state index contributed by atoms with van der Waals surface area (Å²) in [5.41, 5.74) is 1.38. The summed E-state index contributed by atoms with van der Waals surface area (Å²) in [7, 11) is 0. The van der Waals surface area contributed by atoms with Crippen LogP contribution in [-0.2, 0) is 13.0 Å². The summed E-state index contributed by atoms with van der Waals surface area (Å²) >= 11 is 3.52. The van der Waals surface area contributed by atoms with Gasteiger partial charge in [0.25, 0.3) is 0 Å². The molecule has 2 aromatic heterocycles. The normalized spacial score (nSPS) is 10.5. The van der Waals surface area contributed by atoms with Crippen LogP contribution in [0.3, 0.4) is 0 Å². The Bertz CT molecular complexity index is 575. The molecule has 2 nitrogen and oxygen atoms in total. The van der Waals surface area contributed by atoms with Crippen LogP contribution in [0, 0.1) is 0 Å². The molecule has 0 bridgehead atoms. The summed E-state index contributed by atoms with van der Waals surface area (Å²) in [6, 6.07) is 8.39. The number of aromatic nitrogens is 2. The number of hydrogen-bond donors (Lipinski definition) is 0. The second-order valence-corrected chi connectivity index (χ2v) is 7.82. The highest BCUT2D eigenvalue weighted by atomic mass is 79.9. The monoisotopic (exact) mass is 482 g/mol. The molecule has 2 rings (SSSR count). The quantitative estimate of drug-likeness (QED) is 0.315. The van der Waals surface area contributed by atoms with Crippen molar-refractivity contribution in [3.63, 3.8) is 0 Å². The van der Waals surface area contributed by atoms with Gasteiger partial charge in [0.2, 0.25) is 0 Å². The van der Waals surface area contributed by atoms with Crippen LogP contribution in [0.25, 0.3) is 0 Å². The lowest BCUT2D eigenvalue weighted by Gasteiger charge is -2.03. The fourth-order valence-electron chi connectivity index (χ4n) is 3.21. The summed E-state index contributed by atoms with van der Waals surface area (Å²) in [5.74, 6) is 0. The Labute approximate surface area is 178 Å². The van der Waals surface area contributed by atoms with Gasteiger partial charge < -0.3 is 17.0 Å². The van der Waals surface area contributed by atoms with Gasteiger partial charge in [-0.2, -0.15) is 0 Å². The first-order valence-electron chi connectivity index (χ1n) is 9.88. The third kappa shape index (κ3) is 11.1. The molecule has 26 heavy (non-hydrogen) atoms. The maximum atomic E-state index is 4.17. The van der Waals surface area contributed by atoms with Gasteiger partial charge in [0, 0.05) is 24.9 Å². The topological polar surface area (TPSA) is 16.8 Å². The molecule has 2 aromatic rings. The molecular formula is C22H32Br2N2.